The van der Waals surface area contributed by atoms with Crippen LogP contribution in [-0.4, -0.2) is 162 Å². The largest absolute Gasteiger partial charge is 0.472 e. The monoisotopic (exact) mass is 1070 g/mol. The number of terminal acetylenes is 1. The average molecular weight is 1070 g/mol. The van der Waals surface area contributed by atoms with E-state index in [1.165, 1.54) is 23.0 Å². The van der Waals surface area contributed by atoms with Gasteiger partial charge in [0, 0.05) is 56.8 Å². The number of ether oxygens (including phenoxy) is 4. The lowest BCUT2D eigenvalue weighted by atomic mass is 10.0. The van der Waals surface area contributed by atoms with E-state index in [1.807, 2.05) is 0 Å². The highest BCUT2D eigenvalue weighted by Crippen LogP contribution is 2.53. The molecule has 1 aromatic carbocycles. The number of aliphatic hydroxyl groups is 2. The van der Waals surface area contributed by atoms with E-state index >= 15 is 0 Å². The molecule has 2 aromatic heterocycles. The van der Waals surface area contributed by atoms with Crippen LogP contribution in [0.3, 0.4) is 0 Å². The number of benzene rings is 1. The second-order valence-electron chi connectivity index (χ2n) is 17.4. The van der Waals surface area contributed by atoms with E-state index < -0.39 is 68.3 Å². The second-order valence-corrected chi connectivity index (χ2v) is 18.8. The van der Waals surface area contributed by atoms with Crippen molar-refractivity contribution in [3.63, 3.8) is 0 Å². The molecule has 3 amide bonds. The van der Waals surface area contributed by atoms with Gasteiger partial charge in [-0.25, -0.2) is 9.55 Å². The van der Waals surface area contributed by atoms with Crippen molar-refractivity contribution >= 4 is 48.5 Å². The van der Waals surface area contributed by atoms with Gasteiger partial charge in [0.1, 0.15) is 30.1 Å². The summed E-state index contributed by atoms with van der Waals surface area (Å²) in [5, 5.41) is 42.6. The van der Waals surface area contributed by atoms with E-state index in [4.69, 9.17) is 40.2 Å². The van der Waals surface area contributed by atoms with Gasteiger partial charge in [-0.1, -0.05) is 25.0 Å². The first-order valence-electron chi connectivity index (χ1n) is 24.3. The quantitative estimate of drug-likeness (QED) is 0.0183. The molecule has 408 valence electrons. The van der Waals surface area contributed by atoms with Crippen LogP contribution in [0.4, 0.5) is 24.9 Å². The summed E-state index contributed by atoms with van der Waals surface area (Å²) in [6.07, 6.45) is 1.26. The summed E-state index contributed by atoms with van der Waals surface area (Å²) in [5.74, 6) is 1.54. The van der Waals surface area contributed by atoms with Crippen molar-refractivity contribution in [1.29, 1.82) is 0 Å². The van der Waals surface area contributed by atoms with E-state index in [-0.39, 0.29) is 59.5 Å². The van der Waals surface area contributed by atoms with E-state index in [1.54, 1.807) is 0 Å². The summed E-state index contributed by atoms with van der Waals surface area (Å²) < 4.78 is 86.3. The zero-order chi connectivity index (χ0) is 53.1. The molecule has 0 spiro atoms. The predicted octanol–water partition coefficient (Wildman–Crippen LogP) is 2.30. The van der Waals surface area contributed by atoms with E-state index in [9.17, 15) is 47.2 Å². The number of nitrogens with zero attached hydrogens (tertiary/aromatic N) is 6. The Morgan fingerprint density at radius 2 is 1.57 bits per heavy atom. The Hall–Kier alpha value is -5.44. The van der Waals surface area contributed by atoms with Crippen LogP contribution in [0.2, 0.25) is 0 Å². The van der Waals surface area contributed by atoms with Crippen molar-refractivity contribution in [2.24, 2.45) is 10.2 Å². The van der Waals surface area contributed by atoms with E-state index in [2.05, 4.69) is 57.7 Å². The smallest absolute Gasteiger partial charge is 0.386 e. The lowest BCUT2D eigenvalue weighted by Crippen LogP contribution is -2.52. The van der Waals surface area contributed by atoms with Crippen molar-refractivity contribution in [1.82, 2.24) is 40.8 Å². The predicted molar refractivity (Wildman–Crippen MR) is 257 cm³/mol. The van der Waals surface area contributed by atoms with Gasteiger partial charge in [0.05, 0.1) is 51.8 Å². The highest BCUT2D eigenvalue weighted by molar-refractivity contribution is 7.47. The molecule has 6 rings (SSSR count). The number of hydrogen-bond donors (Lipinski definition) is 9. The van der Waals surface area contributed by atoms with Crippen LogP contribution in [0.5, 0.6) is 0 Å². The number of amides is 3. The van der Waals surface area contributed by atoms with Crippen LogP contribution in [-0.2, 0) is 47.8 Å². The molecule has 2 fully saturated rings. The van der Waals surface area contributed by atoms with Crippen molar-refractivity contribution in [3.05, 3.63) is 41.7 Å². The zero-order valence-corrected chi connectivity index (χ0v) is 41.4. The number of phosphoric acid groups is 1. The van der Waals surface area contributed by atoms with Gasteiger partial charge in [0.2, 0.25) is 17.8 Å². The number of phosphoric ester groups is 1. The first kappa shape index (κ1) is 57.8. The molecular weight excluding hydrogens is 1000 g/mol. The number of carbonyl (C=O) groups is 3. The maximum absolute atomic E-state index is 13.5. The summed E-state index contributed by atoms with van der Waals surface area (Å²) in [6.45, 7) is 3.42. The van der Waals surface area contributed by atoms with Crippen molar-refractivity contribution < 1.29 is 75.2 Å². The normalized spacial score (nSPS) is 21.6. The van der Waals surface area contributed by atoms with E-state index in [0.29, 0.717) is 104 Å². The van der Waals surface area contributed by atoms with Crippen molar-refractivity contribution in [2.45, 2.75) is 113 Å². The molecule has 0 saturated carbocycles. The maximum Gasteiger partial charge on any atom is 0.472 e. The number of nitrogen functional groups attached to an aromatic ring is 1. The van der Waals surface area contributed by atoms with Gasteiger partial charge >= 0.3 is 19.7 Å². The highest BCUT2D eigenvalue weighted by atomic mass is 31.2. The highest BCUT2D eigenvalue weighted by Gasteiger charge is 2.65. The number of imidazole rings is 1. The average Bonchev–Trinajstić information content (AvgIpc) is 4.00. The van der Waals surface area contributed by atoms with Crippen LogP contribution >= 0.6 is 7.82 Å². The second kappa shape index (κ2) is 27.9. The first-order chi connectivity index (χ1) is 35.5. The summed E-state index contributed by atoms with van der Waals surface area (Å²) >= 11 is 0. The van der Waals surface area contributed by atoms with E-state index in [0.717, 1.165) is 25.0 Å². The first-order valence-corrected chi connectivity index (χ1v) is 25.8. The number of halogens is 3. The molecule has 6 unspecified atom stereocenters. The molecule has 5 heterocycles. The minimum absolute atomic E-state index is 0.0118. The summed E-state index contributed by atoms with van der Waals surface area (Å²) in [7, 11) is -4.33. The molecule has 7 atom stereocenters. The molecule has 3 aliphatic heterocycles. The number of anilines is 2. The third-order valence-electron chi connectivity index (χ3n) is 11.8. The van der Waals surface area contributed by atoms with Crippen LogP contribution in [0, 0.1) is 12.3 Å². The Balaban J connectivity index is 0.876. The van der Waals surface area contributed by atoms with Gasteiger partial charge in [0.25, 0.3) is 5.91 Å². The molecule has 0 aliphatic carbocycles. The van der Waals surface area contributed by atoms with Crippen LogP contribution in [0.15, 0.2) is 40.8 Å². The van der Waals surface area contributed by atoms with Crippen molar-refractivity contribution in [2.75, 3.05) is 83.5 Å². The molecule has 2 saturated heterocycles. The Morgan fingerprint density at radius 1 is 0.919 bits per heavy atom. The van der Waals surface area contributed by atoms with Gasteiger partial charge in [0.15, 0.2) is 17.7 Å². The minimum Gasteiger partial charge on any atom is -0.386 e. The summed E-state index contributed by atoms with van der Waals surface area (Å²) in [5.41, 5.74) is 3.74. The molecule has 3 aromatic rings. The number of aromatic nitrogens is 4. The molecule has 29 heteroatoms. The van der Waals surface area contributed by atoms with Gasteiger partial charge < -0.3 is 61.1 Å². The molecule has 10 N–H and O–H groups in total. The van der Waals surface area contributed by atoms with Gasteiger partial charge in [-0.05, 0) is 50.8 Å². The van der Waals surface area contributed by atoms with Crippen LogP contribution in [0.25, 0.3) is 11.2 Å². The third kappa shape index (κ3) is 16.8. The number of nitrogens with one attached hydrogen (secondary N) is 5. The number of hydrogen-bond acceptors (Lipinski definition) is 20. The van der Waals surface area contributed by atoms with Gasteiger partial charge in [-0.2, -0.15) is 23.1 Å². The SMILES string of the molecule is C#CCCCC(=O)NCCCOCCOCCOCCCNC(O)[C@H](CC(=O)NCCCCCCNc1nc(N)c2ncn(C3OC4COP(=O)(O)OC4C3O)c2n1)NC(=O)c1ccc(C2(C(F)(F)F)N=N2)cc1. The molecule has 74 heavy (non-hydrogen) atoms. The fourth-order valence-corrected chi connectivity index (χ4v) is 8.78. The fourth-order valence-electron chi connectivity index (χ4n) is 7.81. The Kier molecular flexibility index (Phi) is 21.8. The topological polar surface area (TPSA) is 339 Å². The number of fused-ring (bicyclic) bond motifs is 2. The number of aliphatic hydroxyl groups excluding tert-OH is 2. The molecular formula is C45H64F3N12O13P. The number of nitrogens with two attached hydrogens (primary N) is 1. The van der Waals surface area contributed by atoms with Gasteiger partial charge in [-0.15, -0.1) is 22.6 Å². The van der Waals surface area contributed by atoms with Crippen molar-refractivity contribution in [3.8, 4) is 12.3 Å². The molecule has 0 bridgehead atoms. The van der Waals surface area contributed by atoms with Crippen LogP contribution < -0.4 is 32.3 Å². The summed E-state index contributed by atoms with van der Waals surface area (Å²) in [4.78, 5) is 60.8. The molecule has 0 radical (unpaired) electrons. The number of carbonyl (C=O) groups excluding carboxylic acids is 3. The minimum atomic E-state index is -4.75. The Bertz CT molecular complexity index is 2430. The Morgan fingerprint density at radius 3 is 2.24 bits per heavy atom. The molecule has 3 aliphatic rings. The lowest BCUT2D eigenvalue weighted by molar-refractivity contribution is -0.166. The Labute approximate surface area is 424 Å². The number of rotatable bonds is 33. The molecule has 25 nitrogen and oxygen atoms in total. The lowest BCUT2D eigenvalue weighted by Gasteiger charge is -2.27. The zero-order valence-electron chi connectivity index (χ0n) is 40.5. The number of unbranched alkanes of at least 4 members (excludes halogenated alkanes) is 4. The third-order valence-corrected chi connectivity index (χ3v) is 12.8. The standard InChI is InChI=1S/C45H64F3N12O13P/c1-2-3-6-11-33(61)50-18-9-20-68-22-24-70-25-23-69-21-10-19-52-41(65)31(55-40(64)29-12-14-30(15-13-29)44(58-59-44)45(46,47)48)26-34(62)51-16-7-4-5-8-17-53-43-56-38(49)35-39(57-43)60(28-54-35)42-36(63)37-32(72-42)27-71-74(66,67)73-37/h1,12-15,28,31-32,36-37,41-42,52,63,65H,3-11,16-27H2,(H,50,61)(H,51,62)(H,55,64)(H,66,67)(H3,49,53,56,57)/t31-,32?,36?,37?,41?,42?/m0/s1. The number of alkyl halides is 3. The van der Waals surface area contributed by atoms with Gasteiger partial charge in [-0.3, -0.25) is 33.3 Å². The fraction of sp³-hybridized carbons (Fsp3) is 0.644. The summed E-state index contributed by atoms with van der Waals surface area (Å²) in [6, 6.07) is 3.43. The van der Waals surface area contributed by atoms with Crippen LogP contribution in [0.1, 0.15) is 86.4 Å². The maximum atomic E-state index is 13.5.